The van der Waals surface area contributed by atoms with E-state index >= 15 is 0 Å². The van der Waals surface area contributed by atoms with Crippen LogP contribution in [0.1, 0.15) is 17.9 Å². The summed E-state index contributed by atoms with van der Waals surface area (Å²) in [5.41, 5.74) is 1.61. The molecular formula is C18H16Cl2N4O2. The van der Waals surface area contributed by atoms with Crippen molar-refractivity contribution in [1.82, 2.24) is 20.0 Å². The second-order valence-corrected chi connectivity index (χ2v) is 6.50. The number of nitrogens with zero attached hydrogens (tertiary/aromatic N) is 4. The van der Waals surface area contributed by atoms with Gasteiger partial charge in [-0.15, -0.1) is 0 Å². The predicted octanol–water partition coefficient (Wildman–Crippen LogP) is 4.03. The number of aromatic nitrogens is 3. The van der Waals surface area contributed by atoms with Crippen LogP contribution in [0.2, 0.25) is 10.0 Å². The minimum Gasteiger partial charge on any atom is -0.341 e. The molecule has 0 bridgehead atoms. The first-order valence-corrected chi connectivity index (χ1v) is 8.70. The fourth-order valence-electron chi connectivity index (χ4n) is 2.39. The van der Waals surface area contributed by atoms with E-state index in [4.69, 9.17) is 27.7 Å². The van der Waals surface area contributed by atoms with Crippen LogP contribution in [0.4, 0.5) is 0 Å². The molecule has 0 saturated carbocycles. The van der Waals surface area contributed by atoms with Crippen molar-refractivity contribution in [3.05, 3.63) is 64.2 Å². The average Bonchev–Trinajstić information content (AvgIpc) is 3.13. The van der Waals surface area contributed by atoms with Gasteiger partial charge in [-0.05, 0) is 23.8 Å². The first-order valence-electron chi connectivity index (χ1n) is 7.94. The van der Waals surface area contributed by atoms with Gasteiger partial charge < -0.3 is 9.42 Å². The molecule has 2 heterocycles. The number of rotatable bonds is 6. The zero-order chi connectivity index (χ0) is 18.5. The average molecular weight is 391 g/mol. The molecule has 0 aliphatic rings. The molecule has 1 amide bonds. The molecule has 0 fully saturated rings. The van der Waals surface area contributed by atoms with Gasteiger partial charge in [0.1, 0.15) is 0 Å². The van der Waals surface area contributed by atoms with Crippen molar-refractivity contribution >= 4 is 29.1 Å². The number of amides is 1. The van der Waals surface area contributed by atoms with Gasteiger partial charge in [-0.3, -0.25) is 9.78 Å². The Morgan fingerprint density at radius 2 is 1.96 bits per heavy atom. The smallest absolute Gasteiger partial charge is 0.227 e. The summed E-state index contributed by atoms with van der Waals surface area (Å²) >= 11 is 12.2. The maximum Gasteiger partial charge on any atom is 0.227 e. The molecule has 3 rings (SSSR count). The second kappa shape index (κ2) is 8.29. The minimum atomic E-state index is -0.0512. The highest BCUT2D eigenvalue weighted by molar-refractivity contribution is 6.42. The van der Waals surface area contributed by atoms with E-state index in [1.165, 1.54) is 0 Å². The van der Waals surface area contributed by atoms with Crippen LogP contribution in [0.25, 0.3) is 11.4 Å². The topological polar surface area (TPSA) is 72.1 Å². The van der Waals surface area contributed by atoms with Crippen LogP contribution < -0.4 is 0 Å². The summed E-state index contributed by atoms with van der Waals surface area (Å²) in [7, 11) is 1.72. The molecular weight excluding hydrogens is 375 g/mol. The van der Waals surface area contributed by atoms with Gasteiger partial charge in [-0.1, -0.05) is 40.5 Å². The third-order valence-electron chi connectivity index (χ3n) is 3.82. The van der Waals surface area contributed by atoms with E-state index in [0.717, 1.165) is 11.1 Å². The Balaban J connectivity index is 1.57. The lowest BCUT2D eigenvalue weighted by atomic mass is 10.2. The number of halogens is 2. The molecule has 6 nitrogen and oxygen atoms in total. The summed E-state index contributed by atoms with van der Waals surface area (Å²) in [6, 6.07) is 8.95. The summed E-state index contributed by atoms with van der Waals surface area (Å²) in [6.45, 7) is 0.379. The summed E-state index contributed by atoms with van der Waals surface area (Å²) in [6.07, 6.45) is 3.94. The van der Waals surface area contributed by atoms with Crippen LogP contribution in [0.15, 0.2) is 47.2 Å². The molecule has 8 heteroatoms. The maximum atomic E-state index is 12.3. The van der Waals surface area contributed by atoms with Crippen LogP contribution >= 0.6 is 23.2 Å². The Morgan fingerprint density at radius 1 is 1.19 bits per heavy atom. The Bertz CT molecular complexity index is 899. The van der Waals surface area contributed by atoms with Crippen molar-refractivity contribution in [1.29, 1.82) is 0 Å². The van der Waals surface area contributed by atoms with Gasteiger partial charge in [0.05, 0.1) is 10.0 Å². The number of carbonyl (C=O) groups excluding carboxylic acids is 1. The molecule has 0 spiro atoms. The van der Waals surface area contributed by atoms with Crippen LogP contribution in [0, 0.1) is 0 Å². The summed E-state index contributed by atoms with van der Waals surface area (Å²) in [5.74, 6) is 0.845. The van der Waals surface area contributed by atoms with Crippen molar-refractivity contribution in [2.75, 3.05) is 7.05 Å². The van der Waals surface area contributed by atoms with Gasteiger partial charge in [-0.2, -0.15) is 4.98 Å². The van der Waals surface area contributed by atoms with E-state index < -0.39 is 0 Å². The van der Waals surface area contributed by atoms with Crippen LogP contribution in [0.3, 0.4) is 0 Å². The lowest BCUT2D eigenvalue weighted by Gasteiger charge is -2.18. The second-order valence-electron chi connectivity index (χ2n) is 5.71. The van der Waals surface area contributed by atoms with Gasteiger partial charge in [-0.25, -0.2) is 0 Å². The maximum absolute atomic E-state index is 12.3. The van der Waals surface area contributed by atoms with Crippen molar-refractivity contribution in [3.8, 4) is 11.4 Å². The number of hydrogen-bond acceptors (Lipinski definition) is 5. The van der Waals surface area contributed by atoms with Crippen molar-refractivity contribution < 1.29 is 9.32 Å². The monoisotopic (exact) mass is 390 g/mol. The van der Waals surface area contributed by atoms with Crippen LogP contribution in [-0.4, -0.2) is 33.0 Å². The van der Waals surface area contributed by atoms with Gasteiger partial charge in [0, 0.05) is 44.4 Å². The first-order chi connectivity index (χ1) is 12.5. The number of benzene rings is 1. The molecule has 1 aromatic carbocycles. The number of pyridine rings is 1. The molecule has 134 valence electrons. The van der Waals surface area contributed by atoms with E-state index in [-0.39, 0.29) is 12.3 Å². The van der Waals surface area contributed by atoms with Crippen LogP contribution in [0.5, 0.6) is 0 Å². The third-order valence-corrected chi connectivity index (χ3v) is 4.68. The molecule has 26 heavy (non-hydrogen) atoms. The van der Waals surface area contributed by atoms with E-state index in [9.17, 15) is 4.79 Å². The van der Waals surface area contributed by atoms with Crippen molar-refractivity contribution in [3.63, 3.8) is 0 Å². The molecule has 0 aliphatic carbocycles. The molecule has 0 atom stereocenters. The van der Waals surface area contributed by atoms with E-state index in [1.807, 2.05) is 6.07 Å². The lowest BCUT2D eigenvalue weighted by molar-refractivity contribution is -0.130. The summed E-state index contributed by atoms with van der Waals surface area (Å²) < 4.78 is 5.21. The highest BCUT2D eigenvalue weighted by atomic mass is 35.5. The van der Waals surface area contributed by atoms with Crippen LogP contribution in [-0.2, 0) is 17.8 Å². The fraction of sp³-hybridized carbons (Fsp3) is 0.222. The summed E-state index contributed by atoms with van der Waals surface area (Å²) in [4.78, 5) is 22.2. The van der Waals surface area contributed by atoms with Crippen molar-refractivity contribution in [2.24, 2.45) is 0 Å². The van der Waals surface area contributed by atoms with Crippen molar-refractivity contribution in [2.45, 2.75) is 19.4 Å². The van der Waals surface area contributed by atoms with Gasteiger partial charge in [0.15, 0.2) is 0 Å². The van der Waals surface area contributed by atoms with Gasteiger partial charge >= 0.3 is 0 Å². The summed E-state index contributed by atoms with van der Waals surface area (Å²) in [5, 5.41) is 4.86. The molecule has 0 radical (unpaired) electrons. The molecule has 0 unspecified atom stereocenters. The standard InChI is InChI=1S/C18H16Cl2N4O2/c1-24(11-13-3-2-4-14(19)17(13)20)16(25)6-5-15-22-18(23-26-15)12-7-9-21-10-8-12/h2-4,7-10H,5-6,11H2,1H3. The Labute approximate surface area is 160 Å². The third kappa shape index (κ3) is 4.39. The molecule has 3 aromatic rings. The Morgan fingerprint density at radius 3 is 2.73 bits per heavy atom. The zero-order valence-corrected chi connectivity index (χ0v) is 15.5. The lowest BCUT2D eigenvalue weighted by Crippen LogP contribution is -2.26. The fourth-order valence-corrected chi connectivity index (χ4v) is 2.77. The molecule has 0 N–H and O–H groups in total. The highest BCUT2D eigenvalue weighted by Crippen LogP contribution is 2.26. The minimum absolute atomic E-state index is 0.0512. The SMILES string of the molecule is CN(Cc1cccc(Cl)c1Cl)C(=O)CCc1nc(-c2ccncc2)no1. The van der Waals surface area contributed by atoms with E-state index in [2.05, 4.69) is 15.1 Å². The molecule has 0 saturated heterocycles. The van der Waals surface area contributed by atoms with Gasteiger partial charge in [0.2, 0.25) is 17.6 Å². The van der Waals surface area contributed by atoms with E-state index in [0.29, 0.717) is 34.7 Å². The number of hydrogen-bond donors (Lipinski definition) is 0. The zero-order valence-electron chi connectivity index (χ0n) is 14.0. The quantitative estimate of drug-likeness (QED) is 0.635. The first kappa shape index (κ1) is 18.4. The predicted molar refractivity (Wildman–Crippen MR) is 98.8 cm³/mol. The Hall–Kier alpha value is -2.44. The highest BCUT2D eigenvalue weighted by Gasteiger charge is 2.15. The Kier molecular flexibility index (Phi) is 5.85. The van der Waals surface area contributed by atoms with Gasteiger partial charge in [0.25, 0.3) is 0 Å². The largest absolute Gasteiger partial charge is 0.341 e. The van der Waals surface area contributed by atoms with E-state index in [1.54, 1.807) is 48.6 Å². The molecule has 2 aromatic heterocycles. The number of carbonyl (C=O) groups is 1. The number of aryl methyl sites for hydroxylation is 1. The molecule has 0 aliphatic heterocycles. The normalized spacial score (nSPS) is 10.7.